The van der Waals surface area contributed by atoms with Crippen molar-refractivity contribution < 1.29 is 39.0 Å². The van der Waals surface area contributed by atoms with Crippen LogP contribution in [-0.4, -0.2) is 18.4 Å². The minimum atomic E-state index is -4.98. The summed E-state index contributed by atoms with van der Waals surface area (Å²) in [7, 11) is -4.98. The zero-order chi connectivity index (χ0) is 26.4. The SMILES string of the molecule is O.[2H]C([2H])=C(C([2H])([2H])[2H])C([2H])([2H])[2H].[2H]c1c([2H])c([2H])c2c([2H])c(S(=O)(=O)O)c([2H])c([2H])c2c1[2H]. The third kappa shape index (κ3) is 5.65. The topological polar surface area (TPSA) is 85.9 Å². The molecular weight excluding hydrogens is 264 g/mol. The van der Waals surface area contributed by atoms with Crippen LogP contribution in [0.4, 0.5) is 0 Å². The minimum absolute atomic E-state index is 0. The normalized spacial score (nSPS) is 22.5. The number of fused-ring (bicyclic) bond motifs is 1. The van der Waals surface area contributed by atoms with Crippen molar-refractivity contribution in [3.63, 3.8) is 0 Å². The van der Waals surface area contributed by atoms with E-state index in [9.17, 15) is 8.42 Å². The van der Waals surface area contributed by atoms with E-state index in [0.29, 0.717) is 0 Å². The molecule has 0 aliphatic heterocycles. The second-order valence-electron chi connectivity index (χ2n) is 2.80. The molecule has 0 bridgehead atoms. The molecule has 0 heterocycles. The molecule has 0 saturated carbocycles. The van der Waals surface area contributed by atoms with Gasteiger partial charge in [0.2, 0.25) is 0 Å². The van der Waals surface area contributed by atoms with Gasteiger partial charge in [-0.3, -0.25) is 4.55 Å². The number of rotatable bonds is 1. The van der Waals surface area contributed by atoms with Crippen LogP contribution in [0.5, 0.6) is 0 Å². The first-order valence-electron chi connectivity index (χ1n) is 11.7. The Kier molecular flexibility index (Phi) is 1.74. The fraction of sp³-hybridized carbons (Fsp3) is 0.143. The maximum Gasteiger partial charge on any atom is 0.294 e. The highest BCUT2D eigenvalue weighted by Gasteiger charge is 2.08. The monoisotopic (exact) mass is 297 g/mol. The minimum Gasteiger partial charge on any atom is -0.412 e. The van der Waals surface area contributed by atoms with Crippen molar-refractivity contribution in [1.29, 1.82) is 0 Å². The van der Waals surface area contributed by atoms with Crippen LogP contribution in [0.25, 0.3) is 10.8 Å². The van der Waals surface area contributed by atoms with E-state index < -0.39 is 93.9 Å². The van der Waals surface area contributed by atoms with Crippen LogP contribution in [0, 0.1) is 0 Å². The molecular formula is C14H18O4S. The van der Waals surface area contributed by atoms with Crippen LogP contribution in [0.3, 0.4) is 0 Å². The lowest BCUT2D eigenvalue weighted by molar-refractivity contribution is 0.483. The highest BCUT2D eigenvalue weighted by molar-refractivity contribution is 7.85. The molecule has 0 spiro atoms. The Labute approximate surface area is 134 Å². The van der Waals surface area contributed by atoms with E-state index in [0.717, 1.165) is 0 Å². The van der Waals surface area contributed by atoms with E-state index in [4.69, 9.17) is 25.1 Å². The van der Waals surface area contributed by atoms with Crippen molar-refractivity contribution in [2.75, 3.05) is 0 Å². The van der Waals surface area contributed by atoms with E-state index in [-0.39, 0.29) is 5.48 Å². The Bertz CT molecular complexity index is 1230. The molecule has 104 valence electrons. The summed E-state index contributed by atoms with van der Waals surface area (Å²) in [5.41, 5.74) is -1.09. The fourth-order valence-electron chi connectivity index (χ4n) is 0.893. The maximum atomic E-state index is 11.3. The Hall–Kier alpha value is -1.69. The van der Waals surface area contributed by atoms with E-state index in [1.807, 2.05) is 0 Å². The van der Waals surface area contributed by atoms with Gasteiger partial charge in [0.05, 0.1) is 17.2 Å². The molecule has 0 unspecified atom stereocenters. The number of benzene rings is 2. The van der Waals surface area contributed by atoms with Gasteiger partial charge in [0.15, 0.2) is 0 Å². The molecule has 0 aromatic heterocycles. The summed E-state index contributed by atoms with van der Waals surface area (Å²) in [5.74, 6) is 0. The first-order valence-corrected chi connectivity index (χ1v) is 5.66. The van der Waals surface area contributed by atoms with Gasteiger partial charge in [-0.2, -0.15) is 8.42 Å². The van der Waals surface area contributed by atoms with Gasteiger partial charge >= 0.3 is 0 Å². The van der Waals surface area contributed by atoms with Gasteiger partial charge in [-0.25, -0.2) is 0 Å². The van der Waals surface area contributed by atoms with Gasteiger partial charge in [-0.05, 0) is 36.6 Å². The molecule has 5 heteroatoms. The second-order valence-corrected chi connectivity index (χ2v) is 4.16. The van der Waals surface area contributed by atoms with Crippen molar-refractivity contribution in [2.24, 2.45) is 0 Å². The van der Waals surface area contributed by atoms with Gasteiger partial charge in [-0.15, -0.1) is 6.53 Å². The van der Waals surface area contributed by atoms with Crippen LogP contribution in [-0.2, 0) is 10.1 Å². The Morgan fingerprint density at radius 2 is 1.89 bits per heavy atom. The first-order chi connectivity index (χ1) is 14.6. The molecule has 0 atom stereocenters. The van der Waals surface area contributed by atoms with Crippen LogP contribution in [0.2, 0.25) is 0 Å². The summed E-state index contributed by atoms with van der Waals surface area (Å²) >= 11 is 0. The summed E-state index contributed by atoms with van der Waals surface area (Å²) < 4.78 is 139. The average molecular weight is 297 g/mol. The molecule has 4 nitrogen and oxygen atoms in total. The largest absolute Gasteiger partial charge is 0.412 e. The molecule has 2 aromatic carbocycles. The Balaban J connectivity index is 0.000000723. The van der Waals surface area contributed by atoms with Gasteiger partial charge in [-0.1, -0.05) is 35.8 Å². The highest BCUT2D eigenvalue weighted by atomic mass is 32.2. The predicted octanol–water partition coefficient (Wildman–Crippen LogP) is 2.84. The van der Waals surface area contributed by atoms with Gasteiger partial charge in [0, 0.05) is 8.22 Å². The van der Waals surface area contributed by atoms with Gasteiger partial charge in [0.25, 0.3) is 10.1 Å². The molecule has 0 saturated heterocycles. The first kappa shape index (κ1) is 4.70. The van der Waals surface area contributed by atoms with E-state index in [1.54, 1.807) is 0 Å². The molecule has 0 amide bonds. The van der Waals surface area contributed by atoms with Crippen molar-refractivity contribution in [3.8, 4) is 0 Å². The van der Waals surface area contributed by atoms with Crippen LogP contribution >= 0.6 is 0 Å². The highest BCUT2D eigenvalue weighted by Crippen LogP contribution is 2.18. The number of hydrogen-bond acceptors (Lipinski definition) is 2. The molecule has 0 radical (unpaired) electrons. The van der Waals surface area contributed by atoms with E-state index in [1.165, 1.54) is 0 Å². The van der Waals surface area contributed by atoms with Crippen LogP contribution in [0.1, 0.15) is 34.3 Å². The Morgan fingerprint density at radius 3 is 2.37 bits per heavy atom. The van der Waals surface area contributed by atoms with Gasteiger partial charge in [0.1, 0.15) is 0 Å². The molecule has 0 aliphatic rings. The second kappa shape index (κ2) is 7.04. The maximum absolute atomic E-state index is 11.3. The van der Waals surface area contributed by atoms with Crippen molar-refractivity contribution in [1.82, 2.24) is 0 Å². The van der Waals surface area contributed by atoms with Gasteiger partial charge < -0.3 is 5.48 Å². The van der Waals surface area contributed by atoms with Crippen LogP contribution in [0.15, 0.2) is 59.3 Å². The molecule has 19 heavy (non-hydrogen) atoms. The predicted molar refractivity (Wildman–Crippen MR) is 77.9 cm³/mol. The van der Waals surface area contributed by atoms with Crippen molar-refractivity contribution in [2.45, 2.75) is 18.6 Å². The lowest BCUT2D eigenvalue weighted by atomic mass is 10.1. The molecule has 2 rings (SSSR count). The third-order valence-corrected chi connectivity index (χ3v) is 2.21. The molecule has 3 N–H and O–H groups in total. The van der Waals surface area contributed by atoms with E-state index in [2.05, 4.69) is 0 Å². The standard InChI is InChI=1S/C10H8O3S.C4H8.H2O/c11-14(12,13)10-6-5-8-3-1-2-4-9(8)7-10;1-4(2)3;/h1-7H,(H,11,12,13);1H2,2-3H3;1H2/i1D,2D,3D,4D,5D,6D,7D;1D2,2D3,3D3;. The smallest absolute Gasteiger partial charge is 0.294 e. The van der Waals surface area contributed by atoms with E-state index >= 15 is 0 Å². The zero-order valence-electron chi connectivity index (χ0n) is 24.2. The fourth-order valence-corrected chi connectivity index (χ4v) is 1.30. The summed E-state index contributed by atoms with van der Waals surface area (Å²) in [6, 6.07) is -5.39. The molecule has 0 aliphatic carbocycles. The molecule has 2 aromatic rings. The van der Waals surface area contributed by atoms with Crippen molar-refractivity contribution >= 4 is 20.9 Å². The summed E-state index contributed by atoms with van der Waals surface area (Å²) in [6.45, 7) is -6.93. The Morgan fingerprint density at radius 1 is 1.26 bits per heavy atom. The lowest BCUT2D eigenvalue weighted by Gasteiger charge is -1.99. The van der Waals surface area contributed by atoms with Crippen LogP contribution < -0.4 is 0 Å². The number of allylic oxidation sites excluding steroid dienone is 1. The zero-order valence-corrected chi connectivity index (χ0v) is 9.99. The summed E-state index contributed by atoms with van der Waals surface area (Å²) in [5, 5.41) is -0.946. The summed E-state index contributed by atoms with van der Waals surface area (Å²) in [6.07, 6.45) is 0. The quantitative estimate of drug-likeness (QED) is 0.648. The number of hydrogen-bond donors (Lipinski definition) is 1. The summed E-state index contributed by atoms with van der Waals surface area (Å²) in [4.78, 5) is -1.15. The molecule has 0 fully saturated rings. The lowest BCUT2D eigenvalue weighted by Crippen LogP contribution is -1.97. The third-order valence-electron chi connectivity index (χ3n) is 1.49. The van der Waals surface area contributed by atoms with Crippen molar-refractivity contribution in [3.05, 3.63) is 54.4 Å². The average Bonchev–Trinajstić information content (AvgIpc) is 2.57.